The minimum atomic E-state index is -4.47. The van der Waals surface area contributed by atoms with Gasteiger partial charge in [-0.1, -0.05) is 17.7 Å². The maximum atomic E-state index is 12.4. The lowest BCUT2D eigenvalue weighted by Crippen LogP contribution is -2.24. The number of thiocarbonyl (C=S) groups is 1. The highest BCUT2D eigenvalue weighted by Gasteiger charge is 2.32. The molecule has 0 aromatic heterocycles. The summed E-state index contributed by atoms with van der Waals surface area (Å²) in [6.45, 7) is 0. The molecule has 92 valence electrons. The molecular formula is C9H7ClF3N3S. The molecule has 0 heterocycles. The van der Waals surface area contributed by atoms with Gasteiger partial charge in [-0.2, -0.15) is 18.3 Å². The number of nitrogens with one attached hydrogen (secondary N) is 1. The first kappa shape index (κ1) is 13.7. The number of nitrogens with two attached hydrogens (primary N) is 1. The Bertz CT molecular complexity index is 459. The van der Waals surface area contributed by atoms with E-state index in [9.17, 15) is 13.2 Å². The lowest BCUT2D eigenvalue weighted by molar-refractivity contribution is -0.137. The van der Waals surface area contributed by atoms with E-state index in [1.807, 2.05) is 0 Å². The average Bonchev–Trinajstić information content (AvgIpc) is 2.14. The van der Waals surface area contributed by atoms with Gasteiger partial charge in [0.05, 0.1) is 16.8 Å². The molecule has 1 aromatic carbocycles. The van der Waals surface area contributed by atoms with Gasteiger partial charge in [0.2, 0.25) is 0 Å². The van der Waals surface area contributed by atoms with Crippen LogP contribution in [0.5, 0.6) is 0 Å². The summed E-state index contributed by atoms with van der Waals surface area (Å²) in [7, 11) is 0. The Hall–Kier alpha value is -1.34. The van der Waals surface area contributed by atoms with E-state index in [1.165, 1.54) is 12.3 Å². The number of hydrogen-bond donors (Lipinski definition) is 2. The van der Waals surface area contributed by atoms with E-state index >= 15 is 0 Å². The third-order valence-corrected chi connectivity index (χ3v) is 2.09. The number of hydrazone groups is 1. The van der Waals surface area contributed by atoms with Gasteiger partial charge in [-0.3, -0.25) is 5.43 Å². The Morgan fingerprint density at radius 1 is 1.47 bits per heavy atom. The first-order valence-electron chi connectivity index (χ1n) is 4.26. The van der Waals surface area contributed by atoms with Crippen molar-refractivity contribution in [1.29, 1.82) is 0 Å². The Kier molecular flexibility index (Phi) is 4.30. The average molecular weight is 282 g/mol. The van der Waals surface area contributed by atoms with Gasteiger partial charge in [0, 0.05) is 0 Å². The molecule has 0 spiro atoms. The first-order valence-corrected chi connectivity index (χ1v) is 5.04. The molecule has 3 nitrogen and oxygen atoms in total. The van der Waals surface area contributed by atoms with Crippen molar-refractivity contribution in [2.75, 3.05) is 0 Å². The minimum absolute atomic E-state index is 0.0424. The van der Waals surface area contributed by atoms with E-state index in [1.54, 1.807) is 0 Å². The molecule has 0 radical (unpaired) electrons. The highest BCUT2D eigenvalue weighted by molar-refractivity contribution is 7.80. The lowest BCUT2D eigenvalue weighted by atomic mass is 10.1. The molecule has 0 atom stereocenters. The van der Waals surface area contributed by atoms with Crippen LogP contribution in [0, 0.1) is 0 Å². The van der Waals surface area contributed by atoms with Gasteiger partial charge in [0.15, 0.2) is 5.11 Å². The Morgan fingerprint density at radius 3 is 2.59 bits per heavy atom. The van der Waals surface area contributed by atoms with Crippen LogP contribution in [0.3, 0.4) is 0 Å². The monoisotopic (exact) mass is 281 g/mol. The summed E-state index contributed by atoms with van der Waals surface area (Å²) in [5.41, 5.74) is 6.88. The van der Waals surface area contributed by atoms with E-state index < -0.39 is 16.8 Å². The van der Waals surface area contributed by atoms with Crippen molar-refractivity contribution >= 4 is 35.1 Å². The molecule has 0 unspecified atom stereocenters. The van der Waals surface area contributed by atoms with Gasteiger partial charge in [0.1, 0.15) is 0 Å². The van der Waals surface area contributed by atoms with Crippen LogP contribution in [0.2, 0.25) is 5.02 Å². The highest BCUT2D eigenvalue weighted by atomic mass is 35.5. The molecule has 0 saturated heterocycles. The normalized spacial score (nSPS) is 11.8. The van der Waals surface area contributed by atoms with Crippen molar-refractivity contribution < 1.29 is 13.2 Å². The second kappa shape index (κ2) is 5.33. The van der Waals surface area contributed by atoms with Crippen LogP contribution in [-0.2, 0) is 6.18 Å². The fourth-order valence-corrected chi connectivity index (χ4v) is 1.36. The summed E-state index contributed by atoms with van der Waals surface area (Å²) in [6.07, 6.45) is -3.21. The van der Waals surface area contributed by atoms with Crippen LogP contribution < -0.4 is 11.2 Å². The van der Waals surface area contributed by atoms with E-state index in [-0.39, 0.29) is 5.11 Å². The minimum Gasteiger partial charge on any atom is -0.375 e. The molecule has 0 saturated carbocycles. The smallest absolute Gasteiger partial charge is 0.375 e. The van der Waals surface area contributed by atoms with Gasteiger partial charge in [-0.05, 0) is 29.9 Å². The fraction of sp³-hybridized carbons (Fsp3) is 0.111. The van der Waals surface area contributed by atoms with Crippen molar-refractivity contribution in [3.05, 3.63) is 34.3 Å². The van der Waals surface area contributed by atoms with Crippen LogP contribution >= 0.6 is 23.8 Å². The first-order chi connectivity index (χ1) is 7.80. The number of nitrogens with zero attached hydrogens (tertiary/aromatic N) is 1. The zero-order valence-corrected chi connectivity index (χ0v) is 9.83. The van der Waals surface area contributed by atoms with Crippen LogP contribution in [0.15, 0.2) is 23.3 Å². The van der Waals surface area contributed by atoms with Gasteiger partial charge in [-0.25, -0.2) is 0 Å². The second-order valence-electron chi connectivity index (χ2n) is 2.97. The largest absolute Gasteiger partial charge is 0.417 e. The second-order valence-corrected chi connectivity index (χ2v) is 3.82. The Morgan fingerprint density at radius 2 is 2.12 bits per heavy atom. The Labute approximate surface area is 105 Å². The van der Waals surface area contributed by atoms with Crippen molar-refractivity contribution in [3.8, 4) is 0 Å². The maximum absolute atomic E-state index is 12.4. The van der Waals surface area contributed by atoms with E-state index in [0.29, 0.717) is 5.56 Å². The summed E-state index contributed by atoms with van der Waals surface area (Å²) in [5.74, 6) is 0. The van der Waals surface area contributed by atoms with Crippen LogP contribution in [0.4, 0.5) is 13.2 Å². The van der Waals surface area contributed by atoms with E-state index in [4.69, 9.17) is 17.3 Å². The van der Waals surface area contributed by atoms with Gasteiger partial charge in [0.25, 0.3) is 0 Å². The molecule has 0 fully saturated rings. The molecule has 0 aliphatic carbocycles. The molecule has 3 N–H and O–H groups in total. The number of hydrogen-bond acceptors (Lipinski definition) is 2. The summed E-state index contributed by atoms with van der Waals surface area (Å²) in [6, 6.07) is 3.26. The zero-order chi connectivity index (χ0) is 13.1. The number of benzene rings is 1. The molecule has 1 aromatic rings. The predicted octanol–water partition coefficient (Wildman–Crippen LogP) is 2.53. The SMILES string of the molecule is NC(=S)NN=Cc1ccc(C(F)(F)F)c(Cl)c1. The van der Waals surface area contributed by atoms with Crippen molar-refractivity contribution in [2.45, 2.75) is 6.18 Å². The van der Waals surface area contributed by atoms with E-state index in [0.717, 1.165) is 12.1 Å². The third kappa shape index (κ3) is 4.20. The summed E-state index contributed by atoms with van der Waals surface area (Å²) in [5, 5.41) is 3.16. The summed E-state index contributed by atoms with van der Waals surface area (Å²) < 4.78 is 37.1. The molecule has 17 heavy (non-hydrogen) atoms. The molecule has 0 aliphatic rings. The topological polar surface area (TPSA) is 50.4 Å². The lowest BCUT2D eigenvalue weighted by Gasteiger charge is -2.08. The number of alkyl halides is 3. The van der Waals surface area contributed by atoms with Crippen LogP contribution in [0.25, 0.3) is 0 Å². The predicted molar refractivity (Wildman–Crippen MR) is 64.0 cm³/mol. The highest BCUT2D eigenvalue weighted by Crippen LogP contribution is 2.34. The van der Waals surface area contributed by atoms with Crippen LogP contribution in [-0.4, -0.2) is 11.3 Å². The molecule has 0 amide bonds. The van der Waals surface area contributed by atoms with E-state index in [2.05, 4.69) is 22.7 Å². The molecule has 0 aliphatic heterocycles. The fourth-order valence-electron chi connectivity index (χ4n) is 1.01. The van der Waals surface area contributed by atoms with Crippen molar-refractivity contribution in [2.24, 2.45) is 10.8 Å². The molecule has 8 heteroatoms. The van der Waals surface area contributed by atoms with Gasteiger partial charge in [-0.15, -0.1) is 0 Å². The van der Waals surface area contributed by atoms with Crippen LogP contribution in [0.1, 0.15) is 11.1 Å². The third-order valence-electron chi connectivity index (χ3n) is 1.69. The molecule has 0 bridgehead atoms. The molecule has 1 rings (SSSR count). The standard InChI is InChI=1S/C9H7ClF3N3S/c10-7-3-5(4-15-16-8(14)17)1-2-6(7)9(11,12)13/h1-4H,(H3,14,16,17). The molecular weight excluding hydrogens is 275 g/mol. The maximum Gasteiger partial charge on any atom is 0.417 e. The summed E-state index contributed by atoms with van der Waals surface area (Å²) >= 11 is 9.99. The quantitative estimate of drug-likeness (QED) is 0.497. The summed E-state index contributed by atoms with van der Waals surface area (Å²) in [4.78, 5) is 0. The van der Waals surface area contributed by atoms with Gasteiger partial charge < -0.3 is 5.73 Å². The zero-order valence-electron chi connectivity index (χ0n) is 8.25. The van der Waals surface area contributed by atoms with Crippen molar-refractivity contribution in [3.63, 3.8) is 0 Å². The van der Waals surface area contributed by atoms with Crippen molar-refractivity contribution in [1.82, 2.24) is 5.43 Å². The Balaban J connectivity index is 2.90. The van der Waals surface area contributed by atoms with Gasteiger partial charge >= 0.3 is 6.18 Å². The number of halogens is 4. The number of rotatable bonds is 2.